The van der Waals surface area contributed by atoms with Crippen LogP contribution in [0, 0.1) is 0 Å². The third-order valence-electron chi connectivity index (χ3n) is 4.81. The summed E-state index contributed by atoms with van der Waals surface area (Å²) in [5.74, 6) is -0.0534. The first-order valence-electron chi connectivity index (χ1n) is 9.63. The van der Waals surface area contributed by atoms with Gasteiger partial charge in [-0.15, -0.1) is 0 Å². The van der Waals surface area contributed by atoms with Crippen molar-refractivity contribution in [3.05, 3.63) is 58.6 Å². The highest BCUT2D eigenvalue weighted by Crippen LogP contribution is 2.38. The Balaban J connectivity index is 1.54. The average Bonchev–Trinajstić information content (AvgIpc) is 3.12. The van der Waals surface area contributed by atoms with E-state index in [1.807, 2.05) is 23.1 Å². The largest absolute Gasteiger partial charge is 0.398 e. The quantitative estimate of drug-likeness (QED) is 0.332. The highest BCUT2D eigenvalue weighted by Gasteiger charge is 2.19. The maximum absolute atomic E-state index is 12.4. The normalized spacial score (nSPS) is 13.5. The Morgan fingerprint density at radius 3 is 2.63 bits per heavy atom. The molecule has 1 fully saturated rings. The van der Waals surface area contributed by atoms with Crippen LogP contribution in [0.15, 0.2) is 52.8 Å². The lowest BCUT2D eigenvalue weighted by molar-refractivity contribution is -0.127. The Hall–Kier alpha value is -2.15. The highest BCUT2D eigenvalue weighted by atomic mass is 35.5. The molecule has 8 heteroatoms. The van der Waals surface area contributed by atoms with Crippen LogP contribution in [0.25, 0.3) is 5.57 Å². The summed E-state index contributed by atoms with van der Waals surface area (Å²) in [6.45, 7) is 5.86. The third kappa shape index (κ3) is 5.72. The van der Waals surface area contributed by atoms with Gasteiger partial charge in [0.05, 0.1) is 5.02 Å². The zero-order chi connectivity index (χ0) is 21.7. The summed E-state index contributed by atoms with van der Waals surface area (Å²) >= 11 is 13.6. The molecule has 5 nitrogen and oxygen atoms in total. The van der Waals surface area contributed by atoms with Gasteiger partial charge in [0.15, 0.2) is 0 Å². The molecule has 2 aromatic rings. The lowest BCUT2D eigenvalue weighted by Crippen LogP contribution is -2.30. The summed E-state index contributed by atoms with van der Waals surface area (Å²) in [4.78, 5) is 27.5. The monoisotopic (exact) mass is 463 g/mol. The van der Waals surface area contributed by atoms with Gasteiger partial charge >= 0.3 is 0 Å². The molecule has 1 heterocycles. The van der Waals surface area contributed by atoms with Crippen LogP contribution in [-0.2, 0) is 9.59 Å². The molecule has 0 bridgehead atoms. The molecule has 0 aliphatic carbocycles. The van der Waals surface area contributed by atoms with E-state index >= 15 is 0 Å². The number of nitrogens with one attached hydrogen (secondary N) is 1. The van der Waals surface area contributed by atoms with Crippen molar-refractivity contribution in [3.8, 4) is 0 Å². The minimum absolute atomic E-state index is 0.194. The fraction of sp³-hybridized carbons (Fsp3) is 0.273. The van der Waals surface area contributed by atoms with E-state index < -0.39 is 0 Å². The van der Waals surface area contributed by atoms with Gasteiger partial charge in [-0.3, -0.25) is 9.59 Å². The van der Waals surface area contributed by atoms with E-state index in [9.17, 15) is 9.59 Å². The number of nitrogens with two attached hydrogens (primary N) is 1. The van der Waals surface area contributed by atoms with Crippen LogP contribution >= 0.6 is 35.0 Å². The first kappa shape index (κ1) is 22.5. The van der Waals surface area contributed by atoms with E-state index in [1.165, 1.54) is 11.8 Å². The zero-order valence-electron chi connectivity index (χ0n) is 16.4. The van der Waals surface area contributed by atoms with Gasteiger partial charge in [0, 0.05) is 52.1 Å². The van der Waals surface area contributed by atoms with Crippen molar-refractivity contribution in [1.29, 1.82) is 0 Å². The van der Waals surface area contributed by atoms with Crippen molar-refractivity contribution in [2.24, 2.45) is 0 Å². The van der Waals surface area contributed by atoms with Gasteiger partial charge in [-0.2, -0.15) is 0 Å². The van der Waals surface area contributed by atoms with E-state index in [1.54, 1.807) is 18.2 Å². The van der Waals surface area contributed by atoms with E-state index in [0.29, 0.717) is 52.8 Å². The molecule has 3 rings (SSSR count). The molecule has 2 amide bonds. The van der Waals surface area contributed by atoms with Crippen LogP contribution in [0.1, 0.15) is 24.8 Å². The van der Waals surface area contributed by atoms with E-state index in [4.69, 9.17) is 28.9 Å². The predicted molar refractivity (Wildman–Crippen MR) is 124 cm³/mol. The van der Waals surface area contributed by atoms with Crippen LogP contribution in [0.3, 0.4) is 0 Å². The number of rotatable bonds is 8. The molecule has 0 spiro atoms. The standard InChI is InChI=1S/C22H23Cl2N3O2S/c1-14(22(29)26-9-3-11-27-10-2-4-21(27)28)15-5-7-20(18(25)12-15)30-19-8-6-16(23)13-17(19)24/h5-8,12-13H,1-4,9-11,25H2,(H,26,29). The number of amides is 2. The van der Waals surface area contributed by atoms with Crippen LogP contribution in [0.5, 0.6) is 0 Å². The van der Waals surface area contributed by atoms with E-state index in [0.717, 1.165) is 22.8 Å². The summed E-state index contributed by atoms with van der Waals surface area (Å²) in [5, 5.41) is 3.98. The maximum atomic E-state index is 12.4. The van der Waals surface area contributed by atoms with Gasteiger partial charge in [0.25, 0.3) is 5.91 Å². The Morgan fingerprint density at radius 1 is 1.20 bits per heavy atom. The van der Waals surface area contributed by atoms with Crippen molar-refractivity contribution in [3.63, 3.8) is 0 Å². The average molecular weight is 464 g/mol. The van der Waals surface area contributed by atoms with Gasteiger partial charge in [0.2, 0.25) is 5.91 Å². The summed E-state index contributed by atoms with van der Waals surface area (Å²) in [5.41, 5.74) is 7.73. The number of benzene rings is 2. The minimum Gasteiger partial charge on any atom is -0.398 e. The van der Waals surface area contributed by atoms with Gasteiger partial charge in [-0.05, 0) is 48.7 Å². The summed E-state index contributed by atoms with van der Waals surface area (Å²) in [6, 6.07) is 10.7. The number of anilines is 1. The van der Waals surface area contributed by atoms with Crippen molar-refractivity contribution < 1.29 is 9.59 Å². The lowest BCUT2D eigenvalue weighted by atomic mass is 10.1. The topological polar surface area (TPSA) is 75.4 Å². The van der Waals surface area contributed by atoms with Crippen molar-refractivity contribution in [2.75, 3.05) is 25.4 Å². The van der Waals surface area contributed by atoms with Crippen LogP contribution < -0.4 is 11.1 Å². The van der Waals surface area contributed by atoms with Crippen LogP contribution in [0.2, 0.25) is 10.0 Å². The molecule has 0 radical (unpaired) electrons. The van der Waals surface area contributed by atoms with Gasteiger partial charge < -0.3 is 16.0 Å². The molecule has 1 saturated heterocycles. The SMILES string of the molecule is C=C(C(=O)NCCCN1CCCC1=O)c1ccc(Sc2ccc(Cl)cc2Cl)c(N)c1. The molecule has 30 heavy (non-hydrogen) atoms. The number of nitrogen functional groups attached to an aromatic ring is 1. The number of nitrogens with zero attached hydrogens (tertiary/aromatic N) is 1. The molecule has 2 aromatic carbocycles. The third-order valence-corrected chi connectivity index (χ3v) is 6.64. The zero-order valence-corrected chi connectivity index (χ0v) is 18.7. The Labute approximate surface area is 190 Å². The van der Waals surface area contributed by atoms with Crippen molar-refractivity contribution in [2.45, 2.75) is 29.1 Å². The maximum Gasteiger partial charge on any atom is 0.251 e. The Morgan fingerprint density at radius 2 is 1.97 bits per heavy atom. The molecular weight excluding hydrogens is 441 g/mol. The molecule has 0 atom stereocenters. The van der Waals surface area contributed by atoms with Gasteiger partial charge in [0.1, 0.15) is 0 Å². The molecule has 3 N–H and O–H groups in total. The molecule has 1 aliphatic heterocycles. The number of carbonyl (C=O) groups excluding carboxylic acids is 2. The first-order chi connectivity index (χ1) is 14.3. The van der Waals surface area contributed by atoms with Crippen LogP contribution in [-0.4, -0.2) is 36.3 Å². The second-order valence-corrected chi connectivity index (χ2v) is 8.93. The Kier molecular flexibility index (Phi) is 7.69. The van der Waals surface area contributed by atoms with E-state index in [2.05, 4.69) is 11.9 Å². The van der Waals surface area contributed by atoms with Gasteiger partial charge in [-0.1, -0.05) is 47.6 Å². The van der Waals surface area contributed by atoms with Crippen LogP contribution in [0.4, 0.5) is 5.69 Å². The molecule has 158 valence electrons. The minimum atomic E-state index is -0.247. The molecular formula is C22H23Cl2N3O2S. The smallest absolute Gasteiger partial charge is 0.251 e. The summed E-state index contributed by atoms with van der Waals surface area (Å²) < 4.78 is 0. The fourth-order valence-corrected chi connectivity index (χ4v) is 4.52. The number of hydrogen-bond acceptors (Lipinski definition) is 4. The number of halogens is 2. The predicted octanol–water partition coefficient (Wildman–Crippen LogP) is 4.87. The molecule has 0 aromatic heterocycles. The summed E-state index contributed by atoms with van der Waals surface area (Å²) in [7, 11) is 0. The summed E-state index contributed by atoms with van der Waals surface area (Å²) in [6.07, 6.45) is 2.26. The molecule has 1 aliphatic rings. The highest BCUT2D eigenvalue weighted by molar-refractivity contribution is 7.99. The fourth-order valence-electron chi connectivity index (χ4n) is 3.16. The first-order valence-corrected chi connectivity index (χ1v) is 11.2. The van der Waals surface area contributed by atoms with Gasteiger partial charge in [-0.25, -0.2) is 0 Å². The van der Waals surface area contributed by atoms with Crippen molar-refractivity contribution in [1.82, 2.24) is 10.2 Å². The van der Waals surface area contributed by atoms with E-state index in [-0.39, 0.29) is 11.8 Å². The lowest BCUT2D eigenvalue weighted by Gasteiger charge is -2.15. The van der Waals surface area contributed by atoms with Crippen molar-refractivity contribution >= 4 is 58.0 Å². The molecule has 0 saturated carbocycles. The number of carbonyl (C=O) groups is 2. The second-order valence-electron chi connectivity index (χ2n) is 7.00. The Bertz CT molecular complexity index is 981. The molecule has 0 unspecified atom stereocenters. The number of hydrogen-bond donors (Lipinski definition) is 2. The second kappa shape index (κ2) is 10.2. The number of likely N-dealkylation sites (tertiary alicyclic amines) is 1.